The molecule has 0 bridgehead atoms. The van der Waals surface area contributed by atoms with E-state index in [0.717, 1.165) is 25.0 Å². The van der Waals surface area contributed by atoms with Crippen molar-refractivity contribution in [2.75, 3.05) is 17.8 Å². The lowest BCUT2D eigenvalue weighted by Crippen LogP contribution is -2.25. The van der Waals surface area contributed by atoms with Crippen molar-refractivity contribution in [2.24, 2.45) is 5.73 Å². The van der Waals surface area contributed by atoms with Gasteiger partial charge in [-0.3, -0.25) is 9.52 Å². The monoisotopic (exact) mass is 415 g/mol. The van der Waals surface area contributed by atoms with Gasteiger partial charge in [0.25, 0.3) is 15.9 Å². The van der Waals surface area contributed by atoms with Gasteiger partial charge >= 0.3 is 0 Å². The number of nitrogens with one attached hydrogen (secondary N) is 2. The van der Waals surface area contributed by atoms with Crippen LogP contribution in [0.25, 0.3) is 0 Å². The molecule has 0 fully saturated rings. The summed E-state index contributed by atoms with van der Waals surface area (Å²) in [6, 6.07) is 9.47. The van der Waals surface area contributed by atoms with Crippen molar-refractivity contribution in [1.29, 1.82) is 0 Å². The first-order valence-corrected chi connectivity index (χ1v) is 9.69. The quantitative estimate of drug-likeness (QED) is 0.577. The van der Waals surface area contributed by atoms with Gasteiger partial charge in [0.2, 0.25) is 0 Å². The van der Waals surface area contributed by atoms with Gasteiger partial charge in [0.05, 0.1) is 4.90 Å². The van der Waals surface area contributed by atoms with Crippen LogP contribution in [-0.2, 0) is 10.0 Å². The second-order valence-electron chi connectivity index (χ2n) is 5.84. The number of hydrogen-bond donors (Lipinski definition) is 3. The van der Waals surface area contributed by atoms with Gasteiger partial charge in [-0.25, -0.2) is 12.8 Å². The Bertz CT molecular complexity index is 874. The molecule has 0 aliphatic heterocycles. The molecule has 0 atom stereocenters. The Kier molecular flexibility index (Phi) is 8.68. The first-order chi connectivity index (χ1) is 12.3. The number of rotatable bonds is 8. The summed E-state index contributed by atoms with van der Waals surface area (Å²) in [5.41, 5.74) is 6.40. The summed E-state index contributed by atoms with van der Waals surface area (Å²) < 4.78 is 40.6. The summed E-state index contributed by atoms with van der Waals surface area (Å²) in [6.45, 7) is 2.67. The molecule has 0 aromatic heterocycles. The zero-order chi connectivity index (χ0) is 19.2. The molecule has 9 heteroatoms. The van der Waals surface area contributed by atoms with Crippen LogP contribution in [-0.4, -0.2) is 27.4 Å². The Morgan fingerprint density at radius 2 is 1.78 bits per heavy atom. The highest BCUT2D eigenvalue weighted by atomic mass is 35.5. The number of carbonyl (C=O) groups excluding carboxylic acids is 1. The summed E-state index contributed by atoms with van der Waals surface area (Å²) in [5, 5.41) is 2.74. The lowest BCUT2D eigenvalue weighted by Gasteiger charge is -2.12. The van der Waals surface area contributed by atoms with Crippen molar-refractivity contribution in [2.45, 2.75) is 24.7 Å². The van der Waals surface area contributed by atoms with Crippen LogP contribution in [0.3, 0.4) is 0 Å². The first-order valence-electron chi connectivity index (χ1n) is 8.21. The van der Waals surface area contributed by atoms with Crippen LogP contribution in [0.15, 0.2) is 47.4 Å². The molecule has 0 aliphatic carbocycles. The van der Waals surface area contributed by atoms with Crippen molar-refractivity contribution in [3.63, 3.8) is 0 Å². The lowest BCUT2D eigenvalue weighted by atomic mass is 10.1. The number of amides is 1. The minimum absolute atomic E-state index is 0. The standard InChI is InChI=1S/C18H22FN3O3S.ClH/c1-13-4-5-14(18(23)21-11-3-2-10-20)12-17(13)26(24,25)22-16-8-6-15(19)7-9-16;/h4-9,12,22H,2-3,10-11,20H2,1H3,(H,21,23);1H. The van der Waals surface area contributed by atoms with Crippen LogP contribution < -0.4 is 15.8 Å². The molecular formula is C18H23ClFN3O3S. The molecule has 1 amide bonds. The third-order valence-electron chi connectivity index (χ3n) is 3.75. The highest BCUT2D eigenvalue weighted by Crippen LogP contribution is 2.21. The average Bonchev–Trinajstić information content (AvgIpc) is 2.60. The number of hydrogen-bond acceptors (Lipinski definition) is 4. The molecule has 0 saturated carbocycles. The molecule has 4 N–H and O–H groups in total. The molecule has 0 radical (unpaired) electrons. The van der Waals surface area contributed by atoms with E-state index >= 15 is 0 Å². The van der Waals surface area contributed by atoms with E-state index in [1.807, 2.05) is 0 Å². The van der Waals surface area contributed by atoms with Crippen LogP contribution in [0.5, 0.6) is 0 Å². The highest BCUT2D eigenvalue weighted by molar-refractivity contribution is 7.92. The van der Waals surface area contributed by atoms with E-state index in [1.54, 1.807) is 19.1 Å². The van der Waals surface area contributed by atoms with E-state index in [1.165, 1.54) is 18.2 Å². The Balaban J connectivity index is 0.00000364. The SMILES string of the molecule is Cc1ccc(C(=O)NCCCCN)cc1S(=O)(=O)Nc1ccc(F)cc1.Cl. The minimum Gasteiger partial charge on any atom is -0.352 e. The summed E-state index contributed by atoms with van der Waals surface area (Å²) in [4.78, 5) is 12.2. The first kappa shape index (κ1) is 22.9. The smallest absolute Gasteiger partial charge is 0.262 e. The van der Waals surface area contributed by atoms with Crippen LogP contribution in [0.2, 0.25) is 0 Å². The molecule has 0 aliphatic rings. The number of unbranched alkanes of at least 4 members (excludes halogenated alkanes) is 1. The summed E-state index contributed by atoms with van der Waals surface area (Å²) in [6.07, 6.45) is 1.56. The van der Waals surface area contributed by atoms with Gasteiger partial charge in [-0.2, -0.15) is 0 Å². The van der Waals surface area contributed by atoms with Crippen molar-refractivity contribution in [1.82, 2.24) is 5.32 Å². The summed E-state index contributed by atoms with van der Waals surface area (Å²) >= 11 is 0. The van der Waals surface area contributed by atoms with E-state index in [-0.39, 0.29) is 34.5 Å². The normalized spacial score (nSPS) is 10.8. The van der Waals surface area contributed by atoms with E-state index in [4.69, 9.17) is 5.73 Å². The zero-order valence-corrected chi connectivity index (χ0v) is 16.5. The van der Waals surface area contributed by atoms with Crippen LogP contribution in [0.4, 0.5) is 10.1 Å². The third-order valence-corrected chi connectivity index (χ3v) is 5.28. The maximum Gasteiger partial charge on any atom is 0.262 e. The average molecular weight is 416 g/mol. The molecule has 27 heavy (non-hydrogen) atoms. The second kappa shape index (κ2) is 10.2. The lowest BCUT2D eigenvalue weighted by molar-refractivity contribution is 0.0953. The number of sulfonamides is 1. The minimum atomic E-state index is -3.91. The van der Waals surface area contributed by atoms with Gasteiger partial charge in [0.15, 0.2) is 0 Å². The third kappa shape index (κ3) is 6.50. The largest absolute Gasteiger partial charge is 0.352 e. The molecule has 2 aromatic rings. The Morgan fingerprint density at radius 3 is 2.41 bits per heavy atom. The fourth-order valence-electron chi connectivity index (χ4n) is 2.33. The van der Waals surface area contributed by atoms with Gasteiger partial charge < -0.3 is 11.1 Å². The number of nitrogens with two attached hydrogens (primary N) is 1. The molecule has 0 spiro atoms. The van der Waals surface area contributed by atoms with Crippen molar-refractivity contribution >= 4 is 34.0 Å². The van der Waals surface area contributed by atoms with E-state index in [0.29, 0.717) is 18.7 Å². The van der Waals surface area contributed by atoms with Crippen molar-refractivity contribution in [3.8, 4) is 0 Å². The predicted molar refractivity (Wildman–Crippen MR) is 106 cm³/mol. The number of aryl methyl sites for hydroxylation is 1. The van der Waals surface area contributed by atoms with Gasteiger partial charge in [0.1, 0.15) is 5.82 Å². The Hall–Kier alpha value is -2.16. The molecule has 2 aromatic carbocycles. The number of anilines is 1. The number of benzene rings is 2. The molecule has 0 unspecified atom stereocenters. The van der Waals surface area contributed by atoms with Crippen molar-refractivity contribution in [3.05, 3.63) is 59.4 Å². The molecule has 0 saturated heterocycles. The van der Waals surface area contributed by atoms with E-state index in [9.17, 15) is 17.6 Å². The molecule has 0 heterocycles. The Labute approximate surface area is 164 Å². The fourth-order valence-corrected chi connectivity index (χ4v) is 3.66. The number of carbonyl (C=O) groups is 1. The maximum absolute atomic E-state index is 13.0. The maximum atomic E-state index is 13.0. The van der Waals surface area contributed by atoms with Crippen LogP contribution in [0, 0.1) is 12.7 Å². The van der Waals surface area contributed by atoms with Gasteiger partial charge in [0, 0.05) is 17.8 Å². The Morgan fingerprint density at radius 1 is 1.11 bits per heavy atom. The fraction of sp³-hybridized carbons (Fsp3) is 0.278. The topological polar surface area (TPSA) is 101 Å². The van der Waals surface area contributed by atoms with Gasteiger partial charge in [-0.15, -0.1) is 12.4 Å². The van der Waals surface area contributed by atoms with E-state index < -0.39 is 15.8 Å². The second-order valence-corrected chi connectivity index (χ2v) is 7.50. The zero-order valence-electron chi connectivity index (χ0n) is 14.9. The number of halogens is 2. The van der Waals surface area contributed by atoms with Gasteiger partial charge in [-0.05, 0) is 68.3 Å². The summed E-state index contributed by atoms with van der Waals surface area (Å²) in [5.74, 6) is -0.808. The molecule has 2 rings (SSSR count). The molecule has 148 valence electrons. The summed E-state index contributed by atoms with van der Waals surface area (Å²) in [7, 11) is -3.91. The van der Waals surface area contributed by atoms with E-state index in [2.05, 4.69) is 10.0 Å². The van der Waals surface area contributed by atoms with Crippen LogP contribution >= 0.6 is 12.4 Å². The van der Waals surface area contributed by atoms with Gasteiger partial charge in [-0.1, -0.05) is 6.07 Å². The molecule has 6 nitrogen and oxygen atoms in total. The predicted octanol–water partition coefficient (Wildman–Crippen LogP) is 2.83. The molecular weight excluding hydrogens is 393 g/mol. The van der Waals surface area contributed by atoms with Crippen molar-refractivity contribution < 1.29 is 17.6 Å². The van der Waals surface area contributed by atoms with Crippen LogP contribution in [0.1, 0.15) is 28.8 Å². The highest BCUT2D eigenvalue weighted by Gasteiger charge is 2.19.